The fourth-order valence-electron chi connectivity index (χ4n) is 3.35. The van der Waals surface area contributed by atoms with Crippen molar-refractivity contribution in [1.82, 2.24) is 5.32 Å². The average molecular weight is 669 g/mol. The van der Waals surface area contributed by atoms with Gasteiger partial charge in [-0.15, -0.1) is 12.6 Å². The van der Waals surface area contributed by atoms with E-state index >= 15 is 0 Å². The Morgan fingerprint density at radius 3 is 2.36 bits per heavy atom. The van der Waals surface area contributed by atoms with Gasteiger partial charge in [0.05, 0.1) is 18.8 Å². The van der Waals surface area contributed by atoms with Gasteiger partial charge in [-0.25, -0.2) is 0 Å². The molecule has 0 aliphatic heterocycles. The van der Waals surface area contributed by atoms with E-state index in [0.717, 1.165) is 16.9 Å². The Morgan fingerprint density at radius 1 is 1.03 bits per heavy atom. The minimum atomic E-state index is -0.648. The van der Waals surface area contributed by atoms with Crippen LogP contribution in [-0.2, 0) is 22.4 Å². The molecule has 2 rings (SSSR count). The average Bonchev–Trinajstić information content (AvgIpc) is 2.78. The number of nitrogens with one attached hydrogen (secondary N) is 1. The number of rotatable bonds is 15. The number of aryl methyl sites for hydroxylation is 1. The van der Waals surface area contributed by atoms with E-state index in [1.165, 1.54) is 0 Å². The largest absolute Gasteiger partial charge is 0.660 e. The molecule has 0 saturated heterocycles. The van der Waals surface area contributed by atoms with Gasteiger partial charge in [0.2, 0.25) is 5.91 Å². The zero-order chi connectivity index (χ0) is 23.2. The van der Waals surface area contributed by atoms with E-state index in [1.807, 2.05) is 68.4 Å². The molecule has 0 spiro atoms. The number of hydrogen-bond donors (Lipinski definition) is 2. The molecule has 1 radical (unpaired) electrons. The van der Waals surface area contributed by atoms with Crippen molar-refractivity contribution < 1.29 is 63.4 Å². The number of nitrogens with zero attached hydrogens (tertiary/aromatic N) is 1. The Hall–Kier alpha value is -0.968. The zero-order valence-corrected chi connectivity index (χ0v) is 24.8. The number of benzene rings is 2. The summed E-state index contributed by atoms with van der Waals surface area (Å²) in [5.74, 6) is 0.722. The summed E-state index contributed by atoms with van der Waals surface area (Å²) in [6.07, 6.45) is 1.45. The van der Waals surface area contributed by atoms with E-state index in [2.05, 4.69) is 10.6 Å². The van der Waals surface area contributed by atoms with Crippen molar-refractivity contribution in [2.24, 2.45) is 0 Å². The first kappa shape index (κ1) is 30.1. The third kappa shape index (κ3) is 12.9. The Balaban J connectivity index is 0.00000544. The van der Waals surface area contributed by atoms with Gasteiger partial charge >= 0.3 is 0 Å². The SMILES string of the molecule is COCCOc1ccc(CCC(=O)NC(Cc2ccccc2)C(O)CC[N-]C(C)C)cc1.[Ac]. The van der Waals surface area contributed by atoms with E-state index in [-0.39, 0.29) is 62.1 Å². The standard InChI is InChI=1S/C26H37N2O4.Ac/c1-20(2)27-16-15-25(29)24(19-22-7-5-4-6-8-22)28-26(30)14-11-21-9-12-23(13-10-21)32-18-17-31-3;/h4-10,12-13,20,24-25,29H,11,14-19H2,1-3H3,(H,28,30);/q-1;. The zero-order valence-electron chi connectivity index (χ0n) is 20.1. The van der Waals surface area contributed by atoms with E-state index < -0.39 is 6.10 Å². The second-order valence-electron chi connectivity index (χ2n) is 8.20. The van der Waals surface area contributed by atoms with Crippen molar-refractivity contribution in [2.45, 2.75) is 57.7 Å². The molecule has 0 aliphatic carbocycles. The molecule has 7 heteroatoms. The molecule has 0 fully saturated rings. The van der Waals surface area contributed by atoms with Crippen molar-refractivity contribution in [2.75, 3.05) is 26.9 Å². The summed E-state index contributed by atoms with van der Waals surface area (Å²) < 4.78 is 10.5. The molecule has 2 aromatic rings. The molecule has 2 unspecified atom stereocenters. The molecule has 2 aromatic carbocycles. The van der Waals surface area contributed by atoms with Crippen molar-refractivity contribution in [3.63, 3.8) is 0 Å². The first-order valence-corrected chi connectivity index (χ1v) is 11.4. The van der Waals surface area contributed by atoms with E-state index in [0.29, 0.717) is 45.4 Å². The molecule has 0 aromatic heterocycles. The van der Waals surface area contributed by atoms with Crippen molar-refractivity contribution in [3.05, 3.63) is 71.0 Å². The van der Waals surface area contributed by atoms with Crippen LogP contribution in [0.5, 0.6) is 5.75 Å². The first-order valence-electron chi connectivity index (χ1n) is 11.4. The third-order valence-electron chi connectivity index (χ3n) is 5.15. The predicted molar refractivity (Wildman–Crippen MR) is 128 cm³/mol. The Labute approximate surface area is 234 Å². The molecule has 0 aliphatic rings. The number of carbonyl (C=O) groups excluding carboxylic acids is 1. The number of amides is 1. The molecule has 2 atom stereocenters. The molecular weight excluding hydrogens is 631 g/mol. The summed E-state index contributed by atoms with van der Waals surface area (Å²) in [7, 11) is 1.64. The van der Waals surface area contributed by atoms with Crippen molar-refractivity contribution in [3.8, 4) is 5.75 Å². The summed E-state index contributed by atoms with van der Waals surface area (Å²) in [5, 5.41) is 18.2. The van der Waals surface area contributed by atoms with Gasteiger partial charge in [-0.1, -0.05) is 56.3 Å². The fourth-order valence-corrected chi connectivity index (χ4v) is 3.35. The molecule has 6 nitrogen and oxygen atoms in total. The van der Waals surface area contributed by atoms with Crippen LogP contribution < -0.4 is 10.1 Å². The van der Waals surface area contributed by atoms with Crippen LogP contribution in [0.15, 0.2) is 54.6 Å². The number of aliphatic hydroxyl groups excluding tert-OH is 1. The molecule has 179 valence electrons. The molecule has 0 bridgehead atoms. The van der Waals surface area contributed by atoms with Crippen LogP contribution in [0.25, 0.3) is 5.32 Å². The second-order valence-corrected chi connectivity index (χ2v) is 8.20. The van der Waals surface area contributed by atoms with E-state index in [4.69, 9.17) is 9.47 Å². The smallest absolute Gasteiger partial charge is 0.220 e. The Kier molecular flexibility index (Phi) is 15.9. The van der Waals surface area contributed by atoms with Gasteiger partial charge in [0.15, 0.2) is 0 Å². The van der Waals surface area contributed by atoms with Crippen LogP contribution in [0, 0.1) is 44.1 Å². The van der Waals surface area contributed by atoms with Gasteiger partial charge in [-0.2, -0.15) is 0 Å². The van der Waals surface area contributed by atoms with E-state index in [9.17, 15) is 9.90 Å². The maximum atomic E-state index is 12.7. The monoisotopic (exact) mass is 668 g/mol. The molecule has 33 heavy (non-hydrogen) atoms. The van der Waals surface area contributed by atoms with Crippen molar-refractivity contribution >= 4 is 5.91 Å². The summed E-state index contributed by atoms with van der Waals surface area (Å²) in [6, 6.07) is 17.6. The van der Waals surface area contributed by atoms with E-state index in [1.54, 1.807) is 7.11 Å². The van der Waals surface area contributed by atoms with Crippen LogP contribution in [0.2, 0.25) is 0 Å². The number of methoxy groups -OCH3 is 1. The normalized spacial score (nSPS) is 12.6. The number of aliphatic hydroxyl groups is 1. The van der Waals surface area contributed by atoms with Crippen LogP contribution in [0.3, 0.4) is 0 Å². The van der Waals surface area contributed by atoms with Crippen LogP contribution in [0.1, 0.15) is 37.8 Å². The van der Waals surface area contributed by atoms with Gasteiger partial charge in [0, 0.05) is 57.6 Å². The molecule has 2 N–H and O–H groups in total. The summed E-state index contributed by atoms with van der Waals surface area (Å²) in [5.41, 5.74) is 2.15. The maximum Gasteiger partial charge on any atom is 0.220 e. The van der Waals surface area contributed by atoms with Gasteiger partial charge < -0.3 is 25.2 Å². The Bertz CT molecular complexity index is 772. The number of ether oxygens (including phenoxy) is 2. The minimum absolute atomic E-state index is 0. The topological polar surface area (TPSA) is 81.9 Å². The molecule has 0 saturated carbocycles. The van der Waals surface area contributed by atoms with Gasteiger partial charge in [-0.05, 0) is 42.5 Å². The molecule has 1 amide bonds. The summed E-state index contributed by atoms with van der Waals surface area (Å²) in [4.78, 5) is 12.7. The Morgan fingerprint density at radius 2 is 1.73 bits per heavy atom. The minimum Gasteiger partial charge on any atom is -0.660 e. The fraction of sp³-hybridized carbons (Fsp3) is 0.500. The third-order valence-corrected chi connectivity index (χ3v) is 5.15. The quantitative estimate of drug-likeness (QED) is 0.283. The van der Waals surface area contributed by atoms with Crippen LogP contribution in [-0.4, -0.2) is 56.1 Å². The summed E-state index contributed by atoms with van der Waals surface area (Å²) in [6.45, 7) is 5.68. The number of hydrogen-bond acceptors (Lipinski definition) is 4. The second kappa shape index (κ2) is 17.5. The van der Waals surface area contributed by atoms with Crippen LogP contribution in [0.4, 0.5) is 0 Å². The first-order chi connectivity index (χ1) is 15.5. The van der Waals surface area contributed by atoms with Gasteiger partial charge in [0.1, 0.15) is 12.4 Å². The van der Waals surface area contributed by atoms with Crippen LogP contribution >= 0.6 is 0 Å². The predicted octanol–water partition coefficient (Wildman–Crippen LogP) is 3.91. The summed E-state index contributed by atoms with van der Waals surface area (Å²) >= 11 is 0. The number of carbonyl (C=O) groups is 1. The maximum absolute atomic E-state index is 12.7. The van der Waals surface area contributed by atoms with Gasteiger partial charge in [-0.3, -0.25) is 4.79 Å². The van der Waals surface area contributed by atoms with Crippen molar-refractivity contribution in [1.29, 1.82) is 0 Å². The van der Waals surface area contributed by atoms with Gasteiger partial charge in [0.25, 0.3) is 0 Å². The molecular formula is C26H37AcN2O4-. The molecule has 0 heterocycles.